The monoisotopic (exact) mass is 414 g/mol. The fourth-order valence-electron chi connectivity index (χ4n) is 6.05. The Morgan fingerprint density at radius 2 is 1.67 bits per heavy atom. The predicted molar refractivity (Wildman–Crippen MR) is 102 cm³/mol. The van der Waals surface area contributed by atoms with Gasteiger partial charge >= 0.3 is 6.18 Å². The zero-order chi connectivity index (χ0) is 21.0. The summed E-state index contributed by atoms with van der Waals surface area (Å²) in [6, 6.07) is 7.50. The number of rotatable bonds is 3. The average Bonchev–Trinajstić information content (AvgIpc) is 3.16. The highest BCUT2D eigenvalue weighted by Gasteiger charge is 2.49. The number of benzene rings is 1. The van der Waals surface area contributed by atoms with Crippen LogP contribution in [0.2, 0.25) is 0 Å². The van der Waals surface area contributed by atoms with E-state index in [9.17, 15) is 18.0 Å². The summed E-state index contributed by atoms with van der Waals surface area (Å²) in [6.45, 7) is 0. The highest BCUT2D eigenvalue weighted by molar-refractivity contribution is 5.95. The lowest BCUT2D eigenvalue weighted by Crippen LogP contribution is -2.55. The molecule has 0 atom stereocenters. The maximum Gasteiger partial charge on any atom is 0.434 e. The Morgan fingerprint density at radius 1 is 1.07 bits per heavy atom. The van der Waals surface area contributed by atoms with E-state index in [0.29, 0.717) is 29.2 Å². The minimum atomic E-state index is -4.75. The number of alkyl halides is 3. The van der Waals surface area contributed by atoms with E-state index in [1.165, 1.54) is 30.7 Å². The summed E-state index contributed by atoms with van der Waals surface area (Å²) in [6.07, 6.45) is 1.77. The zero-order valence-corrected chi connectivity index (χ0v) is 16.2. The lowest BCUT2D eigenvalue weighted by atomic mass is 9.54. The lowest BCUT2D eigenvalue weighted by molar-refractivity contribution is -0.143. The molecule has 0 unspecified atom stereocenters. The van der Waals surface area contributed by atoms with Gasteiger partial charge in [0.05, 0.1) is 29.1 Å². The van der Waals surface area contributed by atoms with Crippen molar-refractivity contribution in [1.82, 2.24) is 15.1 Å². The first-order chi connectivity index (χ1) is 14.3. The number of aromatic nitrogens is 2. The van der Waals surface area contributed by atoms with Crippen LogP contribution in [-0.2, 0) is 6.18 Å². The molecule has 4 aliphatic carbocycles. The standard InChI is InChI=1S/C22H21F3N4O/c23-22(24,25)20-18(11-27-29(20)17-3-1-12(10-26)2-4-17)21(30)28-19-15-6-13-5-14(8-15)9-16(19)7-13/h1-4,11,13-16,19H,5-9H2,(H,28,30). The second kappa shape index (κ2) is 6.86. The van der Waals surface area contributed by atoms with E-state index in [2.05, 4.69) is 10.4 Å². The van der Waals surface area contributed by atoms with Crippen molar-refractivity contribution in [2.75, 3.05) is 0 Å². The number of nitrogens with one attached hydrogen (secondary N) is 1. The van der Waals surface area contributed by atoms with E-state index >= 15 is 0 Å². The summed E-state index contributed by atoms with van der Waals surface area (Å²) >= 11 is 0. The number of carbonyl (C=O) groups is 1. The van der Waals surface area contributed by atoms with Crippen molar-refractivity contribution in [2.24, 2.45) is 23.7 Å². The van der Waals surface area contributed by atoms with Crippen LogP contribution < -0.4 is 5.32 Å². The number of hydrogen-bond acceptors (Lipinski definition) is 3. The van der Waals surface area contributed by atoms with Gasteiger partial charge in [0.25, 0.3) is 5.91 Å². The van der Waals surface area contributed by atoms with Gasteiger partial charge in [-0.15, -0.1) is 0 Å². The lowest BCUT2D eigenvalue weighted by Gasteiger charge is -2.54. The summed E-state index contributed by atoms with van der Waals surface area (Å²) in [4.78, 5) is 12.9. The molecule has 8 heteroatoms. The van der Waals surface area contributed by atoms with Gasteiger partial charge in [0.2, 0.25) is 0 Å². The maximum atomic E-state index is 13.9. The van der Waals surface area contributed by atoms with Gasteiger partial charge in [-0.1, -0.05) is 0 Å². The van der Waals surface area contributed by atoms with Crippen LogP contribution in [0.5, 0.6) is 0 Å². The van der Waals surface area contributed by atoms with Crippen LogP contribution in [0, 0.1) is 35.0 Å². The van der Waals surface area contributed by atoms with Gasteiger partial charge in [-0.25, -0.2) is 4.68 Å². The number of hydrogen-bond donors (Lipinski definition) is 1. The number of nitriles is 1. The van der Waals surface area contributed by atoms with Gasteiger partial charge in [0.1, 0.15) is 0 Å². The first-order valence-electron chi connectivity index (χ1n) is 10.3. The van der Waals surface area contributed by atoms with Crippen LogP contribution in [0.1, 0.15) is 53.7 Å². The summed E-state index contributed by atoms with van der Waals surface area (Å²) < 4.78 is 42.4. The number of halogens is 3. The first-order valence-corrected chi connectivity index (χ1v) is 10.3. The molecule has 4 fully saturated rings. The van der Waals surface area contributed by atoms with E-state index in [1.54, 1.807) is 0 Å². The van der Waals surface area contributed by atoms with E-state index in [1.807, 2.05) is 6.07 Å². The van der Waals surface area contributed by atoms with E-state index < -0.39 is 23.3 Å². The molecule has 1 aromatic carbocycles. The number of carbonyl (C=O) groups excluding carboxylic acids is 1. The summed E-state index contributed by atoms with van der Waals surface area (Å²) in [5, 5.41) is 15.7. The van der Waals surface area contributed by atoms with E-state index in [0.717, 1.165) is 36.6 Å². The molecule has 4 saturated carbocycles. The minimum absolute atomic E-state index is 0.0513. The Balaban J connectivity index is 1.44. The van der Waals surface area contributed by atoms with Gasteiger partial charge in [0, 0.05) is 6.04 Å². The van der Waals surface area contributed by atoms with Crippen molar-refractivity contribution in [3.8, 4) is 11.8 Å². The van der Waals surface area contributed by atoms with Crippen LogP contribution in [0.25, 0.3) is 5.69 Å². The van der Waals surface area contributed by atoms with Gasteiger partial charge in [-0.2, -0.15) is 23.5 Å². The highest BCUT2D eigenvalue weighted by Crippen LogP contribution is 2.53. The Bertz CT molecular complexity index is 990. The van der Waals surface area contributed by atoms with Crippen molar-refractivity contribution >= 4 is 5.91 Å². The molecule has 2 aromatic rings. The second-order valence-electron chi connectivity index (χ2n) is 8.91. The second-order valence-corrected chi connectivity index (χ2v) is 8.91. The van der Waals surface area contributed by atoms with E-state index in [-0.39, 0.29) is 11.7 Å². The molecule has 4 aliphatic rings. The first kappa shape index (κ1) is 19.2. The Kier molecular flexibility index (Phi) is 4.38. The third kappa shape index (κ3) is 3.17. The largest absolute Gasteiger partial charge is 0.434 e. The Hall–Kier alpha value is -2.82. The normalized spacial score (nSPS) is 29.6. The SMILES string of the molecule is N#Cc1ccc(-n2ncc(C(=O)NC3C4CC5CC(C4)CC3C5)c2C(F)(F)F)cc1. The van der Waals surface area contributed by atoms with Crippen molar-refractivity contribution in [3.05, 3.63) is 47.3 Å². The predicted octanol–water partition coefficient (Wildman–Crippen LogP) is 4.32. The molecule has 30 heavy (non-hydrogen) atoms. The minimum Gasteiger partial charge on any atom is -0.349 e. The van der Waals surface area contributed by atoms with E-state index in [4.69, 9.17) is 5.26 Å². The van der Waals surface area contributed by atoms with Gasteiger partial charge in [0.15, 0.2) is 5.69 Å². The number of nitrogens with zero attached hydrogens (tertiary/aromatic N) is 3. The summed E-state index contributed by atoms with van der Waals surface area (Å²) in [5.74, 6) is 1.46. The molecule has 5 nitrogen and oxygen atoms in total. The van der Waals surface area contributed by atoms with Crippen LogP contribution >= 0.6 is 0 Å². The molecule has 1 aromatic heterocycles. The molecule has 4 bridgehead atoms. The van der Waals surface area contributed by atoms with Gasteiger partial charge < -0.3 is 5.32 Å². The molecule has 1 N–H and O–H groups in total. The van der Waals surface area contributed by atoms with Crippen LogP contribution in [-0.4, -0.2) is 21.7 Å². The molecule has 6 rings (SSSR count). The van der Waals surface area contributed by atoms with Crippen LogP contribution in [0.4, 0.5) is 13.2 Å². The van der Waals surface area contributed by atoms with Crippen molar-refractivity contribution in [3.63, 3.8) is 0 Å². The maximum absolute atomic E-state index is 13.9. The fraction of sp³-hybridized carbons (Fsp3) is 0.500. The topological polar surface area (TPSA) is 70.7 Å². The van der Waals surface area contributed by atoms with Crippen LogP contribution in [0.3, 0.4) is 0 Å². The summed E-state index contributed by atoms with van der Waals surface area (Å²) in [5.41, 5.74) is -1.07. The fourth-order valence-corrected chi connectivity index (χ4v) is 6.05. The van der Waals surface area contributed by atoms with Gasteiger partial charge in [-0.05, 0) is 80.0 Å². The van der Waals surface area contributed by atoms with Gasteiger partial charge in [-0.3, -0.25) is 4.79 Å². The Morgan fingerprint density at radius 3 is 2.20 bits per heavy atom. The molecule has 1 amide bonds. The average molecular weight is 414 g/mol. The van der Waals surface area contributed by atoms with Crippen molar-refractivity contribution < 1.29 is 18.0 Å². The number of amides is 1. The molecule has 0 spiro atoms. The van der Waals surface area contributed by atoms with Crippen LogP contribution in [0.15, 0.2) is 30.5 Å². The van der Waals surface area contributed by atoms with Crippen molar-refractivity contribution in [2.45, 2.75) is 44.3 Å². The smallest absolute Gasteiger partial charge is 0.349 e. The van der Waals surface area contributed by atoms with Crippen molar-refractivity contribution in [1.29, 1.82) is 5.26 Å². The molecular weight excluding hydrogens is 393 g/mol. The summed E-state index contributed by atoms with van der Waals surface area (Å²) in [7, 11) is 0. The molecule has 156 valence electrons. The molecular formula is C22H21F3N4O. The molecule has 0 radical (unpaired) electrons. The quantitative estimate of drug-likeness (QED) is 0.813. The third-order valence-corrected chi connectivity index (χ3v) is 7.05. The molecule has 1 heterocycles. The Labute approximate surface area is 171 Å². The highest BCUT2D eigenvalue weighted by atomic mass is 19.4. The zero-order valence-electron chi connectivity index (χ0n) is 16.2. The third-order valence-electron chi connectivity index (χ3n) is 7.05. The molecule has 0 saturated heterocycles. The molecule has 0 aliphatic heterocycles.